The molecule has 0 saturated heterocycles. The van der Waals surface area contributed by atoms with Crippen molar-refractivity contribution in [2.45, 2.75) is 6.92 Å². The molecule has 4 nitrogen and oxygen atoms in total. The summed E-state index contributed by atoms with van der Waals surface area (Å²) in [5, 5.41) is 2.61. The number of benzene rings is 2. The molecule has 5 heteroatoms. The van der Waals surface area contributed by atoms with Crippen LogP contribution in [0.3, 0.4) is 0 Å². The molecule has 0 atom stereocenters. The number of amides is 1. The lowest BCUT2D eigenvalue weighted by atomic mass is 10.1. The first kappa shape index (κ1) is 13.9. The zero-order valence-corrected chi connectivity index (χ0v) is 11.2. The maximum absolute atomic E-state index is 13.3. The van der Waals surface area contributed by atoms with Crippen molar-refractivity contribution in [1.82, 2.24) is 0 Å². The number of nitrogens with one attached hydrogen (secondary N) is 1. The van der Waals surface area contributed by atoms with E-state index in [9.17, 15) is 9.18 Å². The topological polar surface area (TPSA) is 64.3 Å². The van der Waals surface area contributed by atoms with E-state index in [1.165, 1.54) is 12.1 Å². The molecular formula is C15H15FN2O2. The van der Waals surface area contributed by atoms with Gasteiger partial charge in [-0.1, -0.05) is 6.07 Å². The molecule has 0 heterocycles. The van der Waals surface area contributed by atoms with Crippen molar-refractivity contribution < 1.29 is 13.9 Å². The molecule has 2 aromatic carbocycles. The number of hydrogen-bond acceptors (Lipinski definition) is 3. The Kier molecular flexibility index (Phi) is 3.89. The molecule has 2 rings (SSSR count). The zero-order chi connectivity index (χ0) is 14.7. The monoisotopic (exact) mass is 274 g/mol. The van der Waals surface area contributed by atoms with Crippen LogP contribution in [0.4, 0.5) is 15.8 Å². The summed E-state index contributed by atoms with van der Waals surface area (Å²) in [5.41, 5.74) is 7.14. The van der Waals surface area contributed by atoms with E-state index in [0.717, 1.165) is 5.56 Å². The van der Waals surface area contributed by atoms with E-state index in [-0.39, 0.29) is 11.6 Å². The molecule has 20 heavy (non-hydrogen) atoms. The fourth-order valence-electron chi connectivity index (χ4n) is 1.77. The molecule has 0 radical (unpaired) electrons. The minimum Gasteiger partial charge on any atom is -0.496 e. The third-order valence-electron chi connectivity index (χ3n) is 2.93. The van der Waals surface area contributed by atoms with Crippen LogP contribution in [0.1, 0.15) is 15.9 Å². The lowest BCUT2D eigenvalue weighted by Crippen LogP contribution is -2.12. The number of anilines is 2. The van der Waals surface area contributed by atoms with Crippen molar-refractivity contribution in [1.29, 1.82) is 0 Å². The second-order valence-electron chi connectivity index (χ2n) is 4.37. The SMILES string of the molecule is COc1cc(C(=O)Nc2ccc(N)c(F)c2)ccc1C. The molecule has 0 unspecified atom stereocenters. The first-order valence-electron chi connectivity index (χ1n) is 6.02. The highest BCUT2D eigenvalue weighted by atomic mass is 19.1. The number of methoxy groups -OCH3 is 1. The first-order valence-corrected chi connectivity index (χ1v) is 6.02. The van der Waals surface area contributed by atoms with Gasteiger partial charge in [0.1, 0.15) is 11.6 Å². The molecule has 2 aromatic rings. The average molecular weight is 274 g/mol. The normalized spacial score (nSPS) is 10.2. The van der Waals surface area contributed by atoms with Crippen molar-refractivity contribution in [3.05, 3.63) is 53.3 Å². The smallest absolute Gasteiger partial charge is 0.255 e. The first-order chi connectivity index (χ1) is 9.51. The lowest BCUT2D eigenvalue weighted by Gasteiger charge is -2.09. The number of aryl methyl sites for hydroxylation is 1. The van der Waals surface area contributed by atoms with Gasteiger partial charge in [-0.2, -0.15) is 0 Å². The molecule has 3 N–H and O–H groups in total. The Balaban J connectivity index is 2.21. The maximum atomic E-state index is 13.3. The van der Waals surface area contributed by atoms with Crippen molar-refractivity contribution in [2.75, 3.05) is 18.2 Å². The Morgan fingerprint density at radius 2 is 2.00 bits per heavy atom. The lowest BCUT2D eigenvalue weighted by molar-refractivity contribution is 0.102. The summed E-state index contributed by atoms with van der Waals surface area (Å²) in [7, 11) is 1.54. The van der Waals surface area contributed by atoms with Gasteiger partial charge < -0.3 is 15.8 Å². The molecule has 104 valence electrons. The average Bonchev–Trinajstić information content (AvgIpc) is 2.43. The van der Waals surface area contributed by atoms with Crippen LogP contribution in [0, 0.1) is 12.7 Å². The van der Waals surface area contributed by atoms with Crippen LogP contribution in [-0.4, -0.2) is 13.0 Å². The second-order valence-corrected chi connectivity index (χ2v) is 4.37. The van der Waals surface area contributed by atoms with Gasteiger partial charge in [0.05, 0.1) is 12.8 Å². The van der Waals surface area contributed by atoms with Crippen LogP contribution in [0.25, 0.3) is 0 Å². The second kappa shape index (κ2) is 5.61. The van der Waals surface area contributed by atoms with Gasteiger partial charge in [-0.05, 0) is 42.8 Å². The Labute approximate surface area is 116 Å². The predicted molar refractivity (Wildman–Crippen MR) is 76.5 cm³/mol. The Hall–Kier alpha value is -2.56. The van der Waals surface area contributed by atoms with Crippen molar-refractivity contribution in [3.63, 3.8) is 0 Å². The Morgan fingerprint density at radius 1 is 1.25 bits per heavy atom. The minimum absolute atomic E-state index is 0.0417. The Morgan fingerprint density at radius 3 is 2.65 bits per heavy atom. The standard InChI is InChI=1S/C15H15FN2O2/c1-9-3-4-10(7-14(9)20-2)15(19)18-11-5-6-13(17)12(16)8-11/h3-8H,17H2,1-2H3,(H,18,19). The van der Waals surface area contributed by atoms with Crippen molar-refractivity contribution >= 4 is 17.3 Å². The quantitative estimate of drug-likeness (QED) is 0.846. The summed E-state index contributed by atoms with van der Waals surface area (Å²) in [6.45, 7) is 1.88. The van der Waals surface area contributed by atoms with Crippen molar-refractivity contribution in [2.24, 2.45) is 0 Å². The van der Waals surface area contributed by atoms with Gasteiger partial charge >= 0.3 is 0 Å². The fourth-order valence-corrected chi connectivity index (χ4v) is 1.77. The molecule has 0 spiro atoms. The van der Waals surface area contributed by atoms with Crippen LogP contribution in [0.15, 0.2) is 36.4 Å². The molecule has 0 saturated carbocycles. The van der Waals surface area contributed by atoms with Gasteiger partial charge in [-0.15, -0.1) is 0 Å². The van der Waals surface area contributed by atoms with Gasteiger partial charge in [0.25, 0.3) is 5.91 Å². The molecule has 0 bridgehead atoms. The third-order valence-corrected chi connectivity index (χ3v) is 2.93. The number of rotatable bonds is 3. The van der Waals surface area contributed by atoms with E-state index in [2.05, 4.69) is 5.32 Å². The summed E-state index contributed by atoms with van der Waals surface area (Å²) in [6.07, 6.45) is 0. The minimum atomic E-state index is -0.565. The van der Waals surface area contributed by atoms with Gasteiger partial charge in [-0.25, -0.2) is 4.39 Å². The van der Waals surface area contributed by atoms with E-state index < -0.39 is 5.82 Å². The van der Waals surface area contributed by atoms with E-state index >= 15 is 0 Å². The number of ether oxygens (including phenoxy) is 1. The van der Waals surface area contributed by atoms with E-state index in [1.807, 2.05) is 6.92 Å². The molecule has 0 aromatic heterocycles. The van der Waals surface area contributed by atoms with Crippen LogP contribution < -0.4 is 15.8 Å². The number of nitrogens with two attached hydrogens (primary N) is 1. The van der Waals surface area contributed by atoms with Gasteiger partial charge in [0.15, 0.2) is 0 Å². The van der Waals surface area contributed by atoms with Gasteiger partial charge in [0.2, 0.25) is 0 Å². The Bertz CT molecular complexity index is 656. The molecule has 0 aliphatic carbocycles. The molecule has 0 aliphatic heterocycles. The summed E-state index contributed by atoms with van der Waals surface area (Å²) in [6, 6.07) is 9.23. The molecule has 0 aliphatic rings. The highest BCUT2D eigenvalue weighted by molar-refractivity contribution is 6.04. The van der Waals surface area contributed by atoms with Crippen LogP contribution >= 0.6 is 0 Å². The number of carbonyl (C=O) groups is 1. The number of hydrogen-bond donors (Lipinski definition) is 2. The molecular weight excluding hydrogens is 259 g/mol. The van der Waals surface area contributed by atoms with Crippen molar-refractivity contribution in [3.8, 4) is 5.75 Å². The summed E-state index contributed by atoms with van der Waals surface area (Å²) in [5.74, 6) is -0.280. The predicted octanol–water partition coefficient (Wildman–Crippen LogP) is 2.98. The summed E-state index contributed by atoms with van der Waals surface area (Å²) >= 11 is 0. The van der Waals surface area contributed by atoms with Crippen LogP contribution in [0.2, 0.25) is 0 Å². The summed E-state index contributed by atoms with van der Waals surface area (Å²) < 4.78 is 18.5. The zero-order valence-electron chi connectivity index (χ0n) is 11.2. The number of nitrogen functional groups attached to an aromatic ring is 1. The van der Waals surface area contributed by atoms with E-state index in [1.54, 1.807) is 31.4 Å². The highest BCUT2D eigenvalue weighted by Crippen LogP contribution is 2.21. The molecule has 0 fully saturated rings. The van der Waals surface area contributed by atoms with Crippen LogP contribution in [0.5, 0.6) is 5.75 Å². The largest absolute Gasteiger partial charge is 0.496 e. The van der Waals surface area contributed by atoms with Gasteiger partial charge in [-0.3, -0.25) is 4.79 Å². The highest BCUT2D eigenvalue weighted by Gasteiger charge is 2.10. The third kappa shape index (κ3) is 2.88. The van der Waals surface area contributed by atoms with Gasteiger partial charge in [0, 0.05) is 11.3 Å². The van der Waals surface area contributed by atoms with Crippen LogP contribution in [-0.2, 0) is 0 Å². The number of halogens is 1. The fraction of sp³-hybridized carbons (Fsp3) is 0.133. The summed E-state index contributed by atoms with van der Waals surface area (Å²) in [4.78, 5) is 12.1. The molecule has 1 amide bonds. The van der Waals surface area contributed by atoms with E-state index in [0.29, 0.717) is 17.0 Å². The maximum Gasteiger partial charge on any atom is 0.255 e. The number of carbonyl (C=O) groups excluding carboxylic acids is 1. The van der Waals surface area contributed by atoms with E-state index in [4.69, 9.17) is 10.5 Å².